The Kier molecular flexibility index (Phi) is 244. The van der Waals surface area contributed by atoms with Gasteiger partial charge in [0.25, 0.3) is 27.2 Å². The van der Waals surface area contributed by atoms with Crippen LogP contribution in [0.1, 0.15) is 25.7 Å². The van der Waals surface area contributed by atoms with Crippen LogP contribution in [0.4, 0.5) is 0 Å². The fourth-order valence-corrected chi connectivity index (χ4v) is 0.250. The summed E-state index contributed by atoms with van der Waals surface area (Å²) in [6.07, 6.45) is 6.00. The van der Waals surface area contributed by atoms with Gasteiger partial charge in [0.2, 0.25) is 0 Å². The molecule has 0 unspecified atom stereocenters. The van der Waals surface area contributed by atoms with E-state index in [1.165, 1.54) is 25.7 Å². The van der Waals surface area contributed by atoms with Crippen molar-refractivity contribution in [3.8, 4) is 0 Å². The summed E-state index contributed by atoms with van der Waals surface area (Å²) in [5.74, 6) is 0. The summed E-state index contributed by atoms with van der Waals surface area (Å²) < 4.78 is 0. The van der Waals surface area contributed by atoms with E-state index >= 15 is 0 Å². The van der Waals surface area contributed by atoms with Gasteiger partial charge in [-0.1, -0.05) is 25.7 Å². The van der Waals surface area contributed by atoms with Gasteiger partial charge in [0.1, 0.15) is 0 Å². The summed E-state index contributed by atoms with van der Waals surface area (Å²) in [7, 11) is 0. The van der Waals surface area contributed by atoms with Crippen molar-refractivity contribution in [2.24, 2.45) is 0 Å². The van der Waals surface area contributed by atoms with Crippen LogP contribution >= 0.6 is 0 Å². The average molecular weight is 264 g/mol. The fourth-order valence-electron chi connectivity index (χ4n) is 0.250. The van der Waals surface area contributed by atoms with Crippen LogP contribution in [-0.2, 0) is 40.2 Å². The van der Waals surface area contributed by atoms with Crippen LogP contribution in [0.25, 0.3) is 0 Å². The summed E-state index contributed by atoms with van der Waals surface area (Å²) in [6.45, 7) is 18.0. The SMILES string of the molecule is C1CCC1.[C]=O.[C]=O.[C]=O.[C]=O.[Mo]. The van der Waals surface area contributed by atoms with E-state index in [1.54, 1.807) is 0 Å². The third kappa shape index (κ3) is 87.9. The molecule has 0 amide bonds. The van der Waals surface area contributed by atoms with E-state index in [4.69, 9.17) is 19.2 Å². The Bertz CT molecular complexity index is 48.1. The molecule has 0 N–H and O–H groups in total. The average Bonchev–Trinajstić information content (AvgIpc) is 2.14. The molecule has 0 aromatic rings. The Morgan fingerprint density at radius 3 is 0.538 bits per heavy atom. The quantitative estimate of drug-likeness (QED) is 0.576. The number of carbonyl (C=O) groups excluding carboxylic acids is 4. The molecule has 0 saturated heterocycles. The summed E-state index contributed by atoms with van der Waals surface area (Å²) in [5.41, 5.74) is 0. The third-order valence-corrected chi connectivity index (χ3v) is 1.000. The molecule has 0 aliphatic heterocycles. The van der Waals surface area contributed by atoms with Gasteiger partial charge in [-0.15, -0.1) is 0 Å². The smallest absolute Gasteiger partial charge is 0.281 e. The zero-order valence-corrected chi connectivity index (χ0v) is 8.88. The van der Waals surface area contributed by atoms with E-state index in [9.17, 15) is 0 Å². The molecule has 1 saturated carbocycles. The summed E-state index contributed by atoms with van der Waals surface area (Å²) in [4.78, 5) is 30.0. The predicted molar refractivity (Wildman–Crippen MR) is 41.2 cm³/mol. The molecule has 1 fully saturated rings. The minimum absolute atomic E-state index is 0. The van der Waals surface area contributed by atoms with Crippen LogP contribution in [0.3, 0.4) is 0 Å². The number of hydrogen-bond acceptors (Lipinski definition) is 4. The Morgan fingerprint density at radius 2 is 0.538 bits per heavy atom. The second kappa shape index (κ2) is 108. The van der Waals surface area contributed by atoms with Crippen molar-refractivity contribution in [2.45, 2.75) is 25.7 Å². The first-order chi connectivity index (χ1) is 6.00. The molecule has 8 radical (unpaired) electrons. The van der Waals surface area contributed by atoms with Crippen molar-refractivity contribution in [1.29, 1.82) is 0 Å². The molecular formula is C8H8MoO4. The molecule has 0 spiro atoms. The molecule has 4 nitrogen and oxygen atoms in total. The normalized spacial score (nSPS) is 8.62. The van der Waals surface area contributed by atoms with Gasteiger partial charge in [-0.2, -0.15) is 0 Å². The number of hydrogen-bond donors (Lipinski definition) is 0. The van der Waals surface area contributed by atoms with Gasteiger partial charge in [-0.25, -0.2) is 0 Å². The maximum atomic E-state index is 7.50. The van der Waals surface area contributed by atoms with Crippen LogP contribution in [0.2, 0.25) is 0 Å². The predicted octanol–water partition coefficient (Wildman–Crippen LogP) is -0.0305. The molecular weight excluding hydrogens is 256 g/mol. The maximum absolute atomic E-state index is 7.50. The van der Waals surface area contributed by atoms with Gasteiger partial charge >= 0.3 is 0 Å². The fraction of sp³-hybridized carbons (Fsp3) is 0.500. The largest absolute Gasteiger partial charge is 0.281 e. The van der Waals surface area contributed by atoms with E-state index in [0.717, 1.165) is 0 Å². The zero-order valence-electron chi connectivity index (χ0n) is 6.87. The summed E-state index contributed by atoms with van der Waals surface area (Å²) in [5, 5.41) is 0. The molecule has 0 atom stereocenters. The Morgan fingerprint density at radius 1 is 0.462 bits per heavy atom. The van der Waals surface area contributed by atoms with Crippen molar-refractivity contribution < 1.29 is 40.2 Å². The second-order valence-electron chi connectivity index (χ2n) is 1.41. The van der Waals surface area contributed by atoms with Crippen LogP contribution in [0, 0.1) is 0 Å². The minimum Gasteiger partial charge on any atom is -0.281 e. The molecule has 5 heteroatoms. The standard InChI is InChI=1S/C4H8.4CO.Mo/c1-2-4-3-1;4*1-2;/h1-4H2;;;;;. The maximum Gasteiger partial charge on any atom is 0.281 e. The van der Waals surface area contributed by atoms with Gasteiger partial charge in [-0.3, -0.25) is 19.2 Å². The van der Waals surface area contributed by atoms with Crippen molar-refractivity contribution >= 4 is 27.2 Å². The molecule has 0 heterocycles. The molecule has 0 aromatic heterocycles. The number of rotatable bonds is 0. The van der Waals surface area contributed by atoms with Gasteiger partial charge in [0.15, 0.2) is 0 Å². The zero-order chi connectivity index (χ0) is 10.8. The first kappa shape index (κ1) is 29.4. The van der Waals surface area contributed by atoms with Crippen LogP contribution in [0.5, 0.6) is 0 Å². The van der Waals surface area contributed by atoms with E-state index in [-0.39, 0.29) is 21.1 Å². The van der Waals surface area contributed by atoms with Gasteiger partial charge in [-0.05, 0) is 0 Å². The van der Waals surface area contributed by atoms with Crippen LogP contribution in [0.15, 0.2) is 0 Å². The first-order valence-corrected chi connectivity index (χ1v) is 2.82. The van der Waals surface area contributed by atoms with E-state index in [2.05, 4.69) is 27.2 Å². The summed E-state index contributed by atoms with van der Waals surface area (Å²) >= 11 is 0. The van der Waals surface area contributed by atoms with Crippen LogP contribution in [-0.4, -0.2) is 27.2 Å². The van der Waals surface area contributed by atoms with E-state index in [1.807, 2.05) is 0 Å². The van der Waals surface area contributed by atoms with E-state index in [0.29, 0.717) is 0 Å². The van der Waals surface area contributed by atoms with Gasteiger partial charge in [0.05, 0.1) is 0 Å². The summed E-state index contributed by atoms with van der Waals surface area (Å²) in [6, 6.07) is 0. The van der Waals surface area contributed by atoms with Crippen molar-refractivity contribution in [3.63, 3.8) is 0 Å². The molecule has 1 aliphatic carbocycles. The molecule has 0 aromatic carbocycles. The van der Waals surface area contributed by atoms with Crippen molar-refractivity contribution in [1.82, 2.24) is 0 Å². The molecule has 70 valence electrons. The monoisotopic (exact) mass is 266 g/mol. The Balaban J connectivity index is -0.0000000215. The van der Waals surface area contributed by atoms with Crippen molar-refractivity contribution in [3.05, 3.63) is 0 Å². The Labute approximate surface area is 93.3 Å². The molecule has 1 aliphatic rings. The van der Waals surface area contributed by atoms with E-state index < -0.39 is 0 Å². The molecule has 13 heavy (non-hydrogen) atoms. The van der Waals surface area contributed by atoms with Gasteiger partial charge < -0.3 is 0 Å². The van der Waals surface area contributed by atoms with Crippen LogP contribution < -0.4 is 0 Å². The second-order valence-corrected chi connectivity index (χ2v) is 1.41. The minimum atomic E-state index is 0. The van der Waals surface area contributed by atoms with Gasteiger partial charge in [0, 0.05) is 21.1 Å². The molecule has 1 rings (SSSR count). The topological polar surface area (TPSA) is 68.3 Å². The molecule has 0 bridgehead atoms. The third-order valence-electron chi connectivity index (χ3n) is 1.000. The Hall–Kier alpha value is -0.632. The first-order valence-electron chi connectivity index (χ1n) is 2.82. The van der Waals surface area contributed by atoms with Crippen molar-refractivity contribution in [2.75, 3.05) is 0 Å².